The minimum atomic E-state index is -4.58. The Balaban J connectivity index is 1.93. The molecule has 0 fully saturated rings. The molecular weight excluding hydrogens is 389 g/mol. The van der Waals surface area contributed by atoms with E-state index in [0.717, 1.165) is 22.1 Å². The predicted molar refractivity (Wildman–Crippen MR) is 104 cm³/mol. The van der Waals surface area contributed by atoms with Crippen LogP contribution in [0, 0.1) is 13.8 Å². The van der Waals surface area contributed by atoms with Crippen molar-refractivity contribution in [3.63, 3.8) is 0 Å². The molecule has 0 bridgehead atoms. The Morgan fingerprint density at radius 2 is 1.79 bits per heavy atom. The molecule has 0 aromatic heterocycles. The van der Waals surface area contributed by atoms with Crippen LogP contribution in [-0.2, 0) is 15.8 Å². The van der Waals surface area contributed by atoms with Crippen LogP contribution in [0.2, 0.25) is 0 Å². The van der Waals surface area contributed by atoms with Crippen LogP contribution in [0.25, 0.3) is 0 Å². The Labute approximate surface area is 166 Å². The summed E-state index contributed by atoms with van der Waals surface area (Å²) in [6, 6.07) is 10.7. The molecule has 2 rings (SSSR count). The van der Waals surface area contributed by atoms with Gasteiger partial charge in [0.1, 0.15) is 0 Å². The molecule has 2 aromatic carbocycles. The summed E-state index contributed by atoms with van der Waals surface area (Å²) in [6.45, 7) is 3.57. The number of hydrogen-bond acceptors (Lipinski definition) is 3. The number of hydrogen-bond donors (Lipinski definition) is 1. The number of nitrogens with one attached hydrogen (secondary N) is 1. The molecule has 0 aliphatic carbocycles. The number of carbonyl (C=O) groups is 2. The van der Waals surface area contributed by atoms with Crippen molar-refractivity contribution < 1.29 is 22.8 Å². The zero-order chi connectivity index (χ0) is 20.9. The molecule has 0 unspecified atom stereocenters. The van der Waals surface area contributed by atoms with Crippen molar-refractivity contribution in [1.82, 2.24) is 4.90 Å². The fourth-order valence-corrected chi connectivity index (χ4v) is 3.51. The molecule has 0 saturated carbocycles. The third-order valence-corrected chi connectivity index (χ3v) is 5.15. The maximum Gasteiger partial charge on any atom is 0.418 e. The summed E-state index contributed by atoms with van der Waals surface area (Å²) in [5.74, 6) is -0.845. The molecule has 8 heteroatoms. The number of amides is 2. The monoisotopic (exact) mass is 410 g/mol. The molecule has 0 atom stereocenters. The minimum Gasteiger partial charge on any atom is -0.336 e. The Bertz CT molecular complexity index is 869. The fraction of sp³-hybridized carbons (Fsp3) is 0.300. The number of aryl methyl sites for hydroxylation is 2. The van der Waals surface area contributed by atoms with E-state index >= 15 is 0 Å². The zero-order valence-corrected chi connectivity index (χ0v) is 16.6. The lowest BCUT2D eigenvalue weighted by Crippen LogP contribution is -2.36. The highest BCUT2D eigenvalue weighted by Gasteiger charge is 2.33. The lowest BCUT2D eigenvalue weighted by atomic mass is 10.1. The molecule has 0 heterocycles. The lowest BCUT2D eigenvalue weighted by Gasteiger charge is -2.18. The average Bonchev–Trinajstić information content (AvgIpc) is 2.61. The van der Waals surface area contributed by atoms with E-state index in [1.54, 1.807) is 0 Å². The van der Waals surface area contributed by atoms with E-state index in [-0.39, 0.29) is 23.9 Å². The maximum absolute atomic E-state index is 13.0. The van der Waals surface area contributed by atoms with Gasteiger partial charge >= 0.3 is 6.18 Å². The second kappa shape index (κ2) is 9.14. The number of anilines is 1. The van der Waals surface area contributed by atoms with Gasteiger partial charge in [0, 0.05) is 11.9 Å². The molecule has 2 aromatic rings. The summed E-state index contributed by atoms with van der Waals surface area (Å²) in [4.78, 5) is 26.5. The molecule has 0 aliphatic rings. The molecule has 0 spiro atoms. The number of rotatable bonds is 6. The first-order chi connectivity index (χ1) is 13.1. The minimum absolute atomic E-state index is 0.132. The molecule has 4 nitrogen and oxygen atoms in total. The first-order valence-corrected chi connectivity index (χ1v) is 9.46. The van der Waals surface area contributed by atoms with Crippen LogP contribution in [0.5, 0.6) is 0 Å². The van der Waals surface area contributed by atoms with Crippen LogP contribution in [0.15, 0.2) is 47.4 Å². The van der Waals surface area contributed by atoms with E-state index in [2.05, 4.69) is 5.32 Å². The highest BCUT2D eigenvalue weighted by atomic mass is 32.2. The van der Waals surface area contributed by atoms with Gasteiger partial charge in [-0.25, -0.2) is 0 Å². The number of para-hydroxylation sites is 1. The van der Waals surface area contributed by atoms with Gasteiger partial charge in [0.05, 0.1) is 23.5 Å². The first-order valence-electron chi connectivity index (χ1n) is 8.48. The summed E-state index contributed by atoms with van der Waals surface area (Å²) in [5, 5.41) is 2.23. The number of carbonyl (C=O) groups excluding carboxylic acids is 2. The van der Waals surface area contributed by atoms with Crippen molar-refractivity contribution >= 4 is 29.3 Å². The fourth-order valence-electron chi connectivity index (χ4n) is 2.45. The topological polar surface area (TPSA) is 49.4 Å². The zero-order valence-electron chi connectivity index (χ0n) is 15.8. The largest absolute Gasteiger partial charge is 0.418 e. The third-order valence-electron chi connectivity index (χ3n) is 4.01. The van der Waals surface area contributed by atoms with Crippen LogP contribution < -0.4 is 5.32 Å². The first kappa shape index (κ1) is 21.8. The summed E-state index contributed by atoms with van der Waals surface area (Å²) >= 11 is 1.36. The molecule has 150 valence electrons. The summed E-state index contributed by atoms with van der Waals surface area (Å²) < 4.78 is 39.0. The van der Waals surface area contributed by atoms with E-state index in [9.17, 15) is 22.8 Å². The lowest BCUT2D eigenvalue weighted by molar-refractivity contribution is -0.137. The van der Waals surface area contributed by atoms with Gasteiger partial charge in [0.15, 0.2) is 0 Å². The standard InChI is InChI=1S/C20H21F3N2O2S/c1-13-8-9-14(2)17(10-13)28-12-19(27)25(3)11-18(26)24-16-7-5-4-6-15(16)20(21,22)23/h4-10H,11-12H2,1-3H3,(H,24,26). The molecule has 0 saturated heterocycles. The van der Waals surface area contributed by atoms with Crippen molar-refractivity contribution in [2.75, 3.05) is 24.7 Å². The van der Waals surface area contributed by atoms with Crippen molar-refractivity contribution in [3.05, 3.63) is 59.2 Å². The van der Waals surface area contributed by atoms with Gasteiger partial charge < -0.3 is 10.2 Å². The van der Waals surface area contributed by atoms with Crippen LogP contribution in [0.1, 0.15) is 16.7 Å². The quantitative estimate of drug-likeness (QED) is 0.713. The van der Waals surface area contributed by atoms with Crippen LogP contribution in [-0.4, -0.2) is 36.1 Å². The van der Waals surface area contributed by atoms with Gasteiger partial charge in [-0.15, -0.1) is 11.8 Å². The normalized spacial score (nSPS) is 11.2. The number of likely N-dealkylation sites (N-methyl/N-ethyl adjacent to an activating group) is 1. The Hall–Kier alpha value is -2.48. The van der Waals surface area contributed by atoms with E-state index < -0.39 is 17.6 Å². The molecule has 0 radical (unpaired) electrons. The molecule has 28 heavy (non-hydrogen) atoms. The number of benzene rings is 2. The van der Waals surface area contributed by atoms with Gasteiger partial charge in [0.2, 0.25) is 11.8 Å². The Kier molecular flexibility index (Phi) is 7.12. The predicted octanol–water partition coefficient (Wildman–Crippen LogP) is 4.51. The van der Waals surface area contributed by atoms with Crippen LogP contribution >= 0.6 is 11.8 Å². The Morgan fingerprint density at radius 1 is 1.11 bits per heavy atom. The SMILES string of the molecule is Cc1ccc(C)c(SCC(=O)N(C)CC(=O)Nc2ccccc2C(F)(F)F)c1. The summed E-state index contributed by atoms with van der Waals surface area (Å²) in [7, 11) is 1.45. The maximum atomic E-state index is 13.0. The molecule has 2 amide bonds. The summed E-state index contributed by atoms with van der Waals surface area (Å²) in [6.07, 6.45) is -4.58. The van der Waals surface area contributed by atoms with E-state index in [1.165, 1.54) is 41.9 Å². The van der Waals surface area contributed by atoms with E-state index in [1.807, 2.05) is 32.0 Å². The van der Waals surface area contributed by atoms with Gasteiger partial charge in [-0.2, -0.15) is 13.2 Å². The van der Waals surface area contributed by atoms with Crippen molar-refractivity contribution in [3.8, 4) is 0 Å². The smallest absolute Gasteiger partial charge is 0.336 e. The second-order valence-electron chi connectivity index (χ2n) is 6.40. The highest BCUT2D eigenvalue weighted by molar-refractivity contribution is 8.00. The summed E-state index contributed by atoms with van der Waals surface area (Å²) in [5.41, 5.74) is 0.873. The van der Waals surface area contributed by atoms with Crippen molar-refractivity contribution in [1.29, 1.82) is 0 Å². The van der Waals surface area contributed by atoms with Gasteiger partial charge in [-0.1, -0.05) is 29.8 Å². The Morgan fingerprint density at radius 3 is 2.46 bits per heavy atom. The second-order valence-corrected chi connectivity index (χ2v) is 7.42. The molecule has 0 aliphatic heterocycles. The molecular formula is C20H21F3N2O2S. The average molecular weight is 410 g/mol. The van der Waals surface area contributed by atoms with E-state index in [0.29, 0.717) is 0 Å². The van der Waals surface area contributed by atoms with Gasteiger partial charge in [-0.05, 0) is 37.6 Å². The van der Waals surface area contributed by atoms with Crippen molar-refractivity contribution in [2.24, 2.45) is 0 Å². The number of halogens is 3. The van der Waals surface area contributed by atoms with E-state index in [4.69, 9.17) is 0 Å². The number of thioether (sulfide) groups is 1. The highest BCUT2D eigenvalue weighted by Crippen LogP contribution is 2.34. The number of alkyl halides is 3. The third kappa shape index (κ3) is 6.02. The molecule has 1 N–H and O–H groups in total. The van der Waals surface area contributed by atoms with Crippen LogP contribution in [0.4, 0.5) is 18.9 Å². The number of nitrogens with zero attached hydrogens (tertiary/aromatic N) is 1. The van der Waals surface area contributed by atoms with Crippen molar-refractivity contribution in [2.45, 2.75) is 24.9 Å². The van der Waals surface area contributed by atoms with Crippen LogP contribution in [0.3, 0.4) is 0 Å². The van der Waals surface area contributed by atoms with Gasteiger partial charge in [0.25, 0.3) is 0 Å². The van der Waals surface area contributed by atoms with Gasteiger partial charge in [-0.3, -0.25) is 9.59 Å².